The van der Waals surface area contributed by atoms with Crippen molar-refractivity contribution in [2.75, 3.05) is 25.5 Å². The fourth-order valence-electron chi connectivity index (χ4n) is 6.07. The monoisotopic (exact) mass is 639 g/mol. The van der Waals surface area contributed by atoms with Gasteiger partial charge in [-0.25, -0.2) is 4.79 Å². The summed E-state index contributed by atoms with van der Waals surface area (Å²) in [5, 5.41) is 10.2. The third-order valence-electron chi connectivity index (χ3n) is 8.44. The highest BCUT2D eigenvalue weighted by molar-refractivity contribution is 6.30. The number of methoxy groups -OCH3 is 1. The Morgan fingerprint density at radius 3 is 2.09 bits per heavy atom. The van der Waals surface area contributed by atoms with Gasteiger partial charge in [-0.1, -0.05) is 103 Å². The average molecular weight is 640 g/mol. The average Bonchev–Trinajstić information content (AvgIpc) is 3.09. The van der Waals surface area contributed by atoms with Crippen LogP contribution in [-0.2, 0) is 27.1 Å². The van der Waals surface area contributed by atoms with Crippen molar-refractivity contribution in [3.63, 3.8) is 0 Å². The Labute approximate surface area is 276 Å². The van der Waals surface area contributed by atoms with E-state index in [1.165, 1.54) is 12.7 Å². The number of carbonyl (C=O) groups is 2. The summed E-state index contributed by atoms with van der Waals surface area (Å²) in [5.41, 5.74) is 4.82. The number of hydrogen-bond acceptors (Lipinski definition) is 5. The zero-order chi connectivity index (χ0) is 32.1. The molecule has 1 fully saturated rings. The lowest BCUT2D eigenvalue weighted by Crippen LogP contribution is -2.48. The predicted molar refractivity (Wildman–Crippen MR) is 183 cm³/mol. The molecule has 0 spiro atoms. The first-order valence-corrected chi connectivity index (χ1v) is 16.3. The summed E-state index contributed by atoms with van der Waals surface area (Å²) in [6.45, 7) is 1.64. The Morgan fingerprint density at radius 1 is 0.826 bits per heavy atom. The highest BCUT2D eigenvalue weighted by atomic mass is 35.5. The van der Waals surface area contributed by atoms with E-state index < -0.39 is 18.1 Å². The summed E-state index contributed by atoms with van der Waals surface area (Å²) in [4.78, 5) is 26.6. The number of halogens is 1. The first-order chi connectivity index (χ1) is 22.5. The molecule has 240 valence electrons. The third kappa shape index (κ3) is 9.42. The van der Waals surface area contributed by atoms with Gasteiger partial charge in [-0.2, -0.15) is 0 Å². The van der Waals surface area contributed by atoms with Crippen molar-refractivity contribution in [2.45, 2.75) is 56.3 Å². The van der Waals surface area contributed by atoms with Gasteiger partial charge in [0.25, 0.3) is 0 Å². The molecule has 46 heavy (non-hydrogen) atoms. The molecule has 2 amide bonds. The van der Waals surface area contributed by atoms with Gasteiger partial charge in [0.15, 0.2) is 0 Å². The minimum atomic E-state index is -0.926. The lowest BCUT2D eigenvalue weighted by atomic mass is 9.84. The van der Waals surface area contributed by atoms with Crippen LogP contribution in [0.5, 0.6) is 0 Å². The fraction of sp³-hybridized carbons (Fsp3) is 0.316. The van der Waals surface area contributed by atoms with Crippen molar-refractivity contribution >= 4 is 29.3 Å². The van der Waals surface area contributed by atoms with E-state index in [1.807, 2.05) is 97.1 Å². The molecule has 1 heterocycles. The zero-order valence-corrected chi connectivity index (χ0v) is 26.9. The van der Waals surface area contributed by atoms with Gasteiger partial charge in [-0.15, -0.1) is 0 Å². The van der Waals surface area contributed by atoms with Crippen molar-refractivity contribution in [1.29, 1.82) is 0 Å². The van der Waals surface area contributed by atoms with Gasteiger partial charge in [-0.3, -0.25) is 4.79 Å². The van der Waals surface area contributed by atoms with E-state index in [-0.39, 0.29) is 18.1 Å². The lowest BCUT2D eigenvalue weighted by molar-refractivity contribution is -0.118. The lowest BCUT2D eigenvalue weighted by Gasteiger charge is -2.31. The maximum Gasteiger partial charge on any atom is 0.407 e. The van der Waals surface area contributed by atoms with Crippen molar-refractivity contribution in [2.24, 2.45) is 0 Å². The molecule has 5 rings (SSSR count). The minimum absolute atomic E-state index is 0.0762. The van der Waals surface area contributed by atoms with E-state index in [0.29, 0.717) is 5.69 Å². The largest absolute Gasteiger partial charge is 0.453 e. The molecule has 0 aliphatic carbocycles. The van der Waals surface area contributed by atoms with E-state index >= 15 is 0 Å². The number of aryl methyl sites for hydroxylation is 2. The van der Waals surface area contributed by atoms with Crippen molar-refractivity contribution in [3.05, 3.63) is 136 Å². The van der Waals surface area contributed by atoms with Crippen LogP contribution >= 0.6 is 11.6 Å². The molecule has 4 aromatic rings. The summed E-state index contributed by atoms with van der Waals surface area (Å²) >= 11 is 6.02. The van der Waals surface area contributed by atoms with Gasteiger partial charge >= 0.3 is 6.09 Å². The van der Waals surface area contributed by atoms with Crippen LogP contribution in [-0.4, -0.2) is 50.4 Å². The molecule has 8 heteroatoms. The predicted octanol–water partition coefficient (Wildman–Crippen LogP) is 7.15. The molecule has 0 saturated carbocycles. The van der Waals surface area contributed by atoms with Crippen molar-refractivity contribution in [3.8, 4) is 0 Å². The highest BCUT2D eigenvalue weighted by Gasteiger charge is 2.33. The van der Waals surface area contributed by atoms with Crippen LogP contribution in [0.2, 0.25) is 5.02 Å². The number of para-hydroxylation sites is 1. The Balaban J connectivity index is 1.24. The van der Waals surface area contributed by atoms with E-state index in [9.17, 15) is 9.59 Å². The summed E-state index contributed by atoms with van der Waals surface area (Å²) in [5.74, 6) is -0.765. The number of hydrogen-bond donors (Lipinski definition) is 3. The maximum atomic E-state index is 14.1. The summed E-state index contributed by atoms with van der Waals surface area (Å²) in [7, 11) is 1.30. The quantitative estimate of drug-likeness (QED) is 0.145. The second-order valence-electron chi connectivity index (χ2n) is 11.7. The van der Waals surface area contributed by atoms with E-state index in [0.717, 1.165) is 66.9 Å². The van der Waals surface area contributed by atoms with Crippen LogP contribution < -0.4 is 16.0 Å². The first-order valence-electron chi connectivity index (χ1n) is 15.9. The molecule has 0 aromatic heterocycles. The molecule has 0 unspecified atom stereocenters. The second-order valence-corrected chi connectivity index (χ2v) is 12.1. The number of anilines is 1. The summed E-state index contributed by atoms with van der Waals surface area (Å²) in [6, 6.07) is 34.4. The molecular weight excluding hydrogens is 598 g/mol. The van der Waals surface area contributed by atoms with E-state index in [2.05, 4.69) is 28.1 Å². The number of rotatable bonds is 13. The fourth-order valence-corrected chi connectivity index (χ4v) is 6.20. The van der Waals surface area contributed by atoms with Crippen molar-refractivity contribution in [1.82, 2.24) is 10.6 Å². The van der Waals surface area contributed by atoms with Gasteiger partial charge in [0, 0.05) is 29.7 Å². The van der Waals surface area contributed by atoms with Gasteiger partial charge < -0.3 is 25.4 Å². The number of alkyl carbamates (subject to hydrolysis) is 1. The molecule has 3 atom stereocenters. The molecule has 0 radical (unpaired) electrons. The van der Waals surface area contributed by atoms with Crippen LogP contribution in [0, 0.1) is 0 Å². The second kappa shape index (κ2) is 16.9. The molecule has 4 aromatic carbocycles. The Kier molecular flexibility index (Phi) is 12.2. The molecule has 1 saturated heterocycles. The van der Waals surface area contributed by atoms with E-state index in [4.69, 9.17) is 21.1 Å². The first kappa shape index (κ1) is 33.2. The number of ether oxygens (including phenoxy) is 2. The maximum absolute atomic E-state index is 14.1. The topological polar surface area (TPSA) is 88.7 Å². The number of carbonyl (C=O) groups excluding carboxylic acids is 2. The SMILES string of the molecule is COC(=O)N[C@H](C(=O)Nc1ccccc1CC[C@@H]1CNC[C@@H](CCCc2ccc(Cl)cc2)O1)C(c1ccccc1)c1ccccc1. The number of nitrogens with one attached hydrogen (secondary N) is 3. The smallest absolute Gasteiger partial charge is 0.407 e. The third-order valence-corrected chi connectivity index (χ3v) is 8.69. The molecular formula is C38H42ClN3O4. The van der Waals surface area contributed by atoms with Gasteiger partial charge in [0.2, 0.25) is 5.91 Å². The van der Waals surface area contributed by atoms with Crippen LogP contribution in [0.1, 0.15) is 47.4 Å². The molecule has 1 aliphatic heterocycles. The summed E-state index contributed by atoms with van der Waals surface area (Å²) in [6.07, 6.45) is 4.14. The van der Waals surface area contributed by atoms with Gasteiger partial charge in [0.1, 0.15) is 6.04 Å². The molecule has 3 N–H and O–H groups in total. The number of benzene rings is 4. The van der Waals surface area contributed by atoms with Crippen molar-refractivity contribution < 1.29 is 19.1 Å². The van der Waals surface area contributed by atoms with Crippen LogP contribution in [0.25, 0.3) is 0 Å². The Bertz CT molecular complexity index is 1500. The molecule has 0 bridgehead atoms. The van der Waals surface area contributed by atoms with Crippen LogP contribution in [0.4, 0.5) is 10.5 Å². The molecule has 7 nitrogen and oxygen atoms in total. The zero-order valence-electron chi connectivity index (χ0n) is 26.2. The highest BCUT2D eigenvalue weighted by Crippen LogP contribution is 2.30. The normalized spacial score (nSPS) is 16.8. The van der Waals surface area contributed by atoms with Gasteiger partial charge in [0.05, 0.1) is 19.3 Å². The van der Waals surface area contributed by atoms with Gasteiger partial charge in [-0.05, 0) is 72.6 Å². The molecule has 1 aliphatic rings. The Morgan fingerprint density at radius 2 is 1.43 bits per heavy atom. The van der Waals surface area contributed by atoms with E-state index in [1.54, 1.807) is 0 Å². The van der Waals surface area contributed by atoms with Crippen LogP contribution in [0.3, 0.4) is 0 Å². The summed E-state index contributed by atoms with van der Waals surface area (Å²) < 4.78 is 11.4. The number of morpholine rings is 1. The Hall–Kier alpha value is -4.17. The standard InChI is InChI=1S/C38H42ClN3O4/c1-45-38(44)42-36(35(29-13-4-2-5-14-29)30-15-6-3-7-16-30)37(43)41-34-18-9-8-12-28(34)21-24-33-26-40-25-32(46-33)17-10-11-27-19-22-31(39)23-20-27/h2-9,12-16,18-20,22-23,32-33,35-36,40H,10-11,17,21,24-26H2,1H3,(H,41,43)(H,42,44)/t32-,33-,36+/m1/s1. The minimum Gasteiger partial charge on any atom is -0.453 e. The number of amides is 2. The van der Waals surface area contributed by atoms with Crippen LogP contribution in [0.15, 0.2) is 109 Å².